The number of methoxy groups -OCH3 is 1. The lowest BCUT2D eigenvalue weighted by molar-refractivity contribution is 0.313. The SMILES string of the molecule is CCn1c2cc(N3CCN(C)CC3)c(N)cc2c(=O)c2c(O)cc(OC)cc21. The number of aromatic hydroxyl groups is 1. The van der Waals surface area contributed by atoms with Crippen LogP contribution in [-0.4, -0.2) is 54.9 Å². The second-order valence-corrected chi connectivity index (χ2v) is 7.33. The molecule has 0 unspecified atom stereocenters. The van der Waals surface area contributed by atoms with E-state index in [-0.39, 0.29) is 11.2 Å². The molecule has 3 N–H and O–H groups in total. The molecule has 0 radical (unpaired) electrons. The first-order chi connectivity index (χ1) is 13.4. The molecule has 148 valence electrons. The fourth-order valence-electron chi connectivity index (χ4n) is 4.08. The second kappa shape index (κ2) is 6.91. The Hall–Kier alpha value is -2.93. The molecular formula is C21H26N4O3. The summed E-state index contributed by atoms with van der Waals surface area (Å²) in [6, 6.07) is 7.03. The first-order valence-electron chi connectivity index (χ1n) is 9.54. The van der Waals surface area contributed by atoms with E-state index in [1.807, 2.05) is 17.6 Å². The van der Waals surface area contributed by atoms with Crippen molar-refractivity contribution in [3.63, 3.8) is 0 Å². The summed E-state index contributed by atoms with van der Waals surface area (Å²) in [5, 5.41) is 11.3. The zero-order valence-electron chi connectivity index (χ0n) is 16.5. The zero-order chi connectivity index (χ0) is 20.0. The van der Waals surface area contributed by atoms with Gasteiger partial charge < -0.3 is 29.9 Å². The maximum Gasteiger partial charge on any atom is 0.201 e. The summed E-state index contributed by atoms with van der Waals surface area (Å²) in [7, 11) is 3.66. The van der Waals surface area contributed by atoms with Crippen LogP contribution < -0.4 is 20.8 Å². The van der Waals surface area contributed by atoms with Crippen LogP contribution in [0.25, 0.3) is 21.8 Å². The highest BCUT2D eigenvalue weighted by atomic mass is 16.5. The van der Waals surface area contributed by atoms with Gasteiger partial charge in [0.25, 0.3) is 0 Å². The van der Waals surface area contributed by atoms with E-state index in [9.17, 15) is 9.90 Å². The van der Waals surface area contributed by atoms with Crippen LogP contribution in [0.2, 0.25) is 0 Å². The number of phenolic OH excluding ortho intramolecular Hbond substituents is 1. The Morgan fingerprint density at radius 3 is 2.46 bits per heavy atom. The molecule has 2 aromatic carbocycles. The number of benzene rings is 2. The van der Waals surface area contributed by atoms with Crippen LogP contribution >= 0.6 is 0 Å². The Morgan fingerprint density at radius 2 is 1.82 bits per heavy atom. The topological polar surface area (TPSA) is 84.0 Å². The third kappa shape index (κ3) is 2.82. The predicted octanol–water partition coefficient (Wildman–Crippen LogP) is 2.22. The summed E-state index contributed by atoms with van der Waals surface area (Å²) < 4.78 is 7.33. The highest BCUT2D eigenvalue weighted by molar-refractivity contribution is 6.00. The summed E-state index contributed by atoms with van der Waals surface area (Å²) in [6.45, 7) is 6.40. The number of ether oxygens (including phenoxy) is 1. The summed E-state index contributed by atoms with van der Waals surface area (Å²) >= 11 is 0. The first kappa shape index (κ1) is 18.4. The number of nitrogen functional groups attached to an aromatic ring is 1. The Labute approximate surface area is 163 Å². The number of hydrogen-bond acceptors (Lipinski definition) is 6. The van der Waals surface area contributed by atoms with E-state index >= 15 is 0 Å². The minimum absolute atomic E-state index is 0.0786. The average Bonchev–Trinajstić information content (AvgIpc) is 2.68. The summed E-state index contributed by atoms with van der Waals surface area (Å²) in [4.78, 5) is 17.7. The molecule has 0 saturated carbocycles. The Balaban J connectivity index is 2.02. The molecule has 2 heterocycles. The number of phenols is 1. The molecule has 1 fully saturated rings. The maximum atomic E-state index is 13.2. The highest BCUT2D eigenvalue weighted by Gasteiger charge is 2.20. The van der Waals surface area contributed by atoms with Gasteiger partial charge in [0.1, 0.15) is 11.5 Å². The van der Waals surface area contributed by atoms with Gasteiger partial charge >= 0.3 is 0 Å². The number of anilines is 2. The normalized spacial score (nSPS) is 15.5. The number of piperazine rings is 1. The summed E-state index contributed by atoms with van der Waals surface area (Å²) in [5.74, 6) is 0.436. The van der Waals surface area contributed by atoms with E-state index in [4.69, 9.17) is 10.5 Å². The van der Waals surface area contributed by atoms with E-state index in [1.54, 1.807) is 19.2 Å². The van der Waals surface area contributed by atoms with Crippen molar-refractivity contribution < 1.29 is 9.84 Å². The molecular weight excluding hydrogens is 356 g/mol. The van der Waals surface area contributed by atoms with Crippen molar-refractivity contribution in [3.05, 3.63) is 34.5 Å². The fraction of sp³-hybridized carbons (Fsp3) is 0.381. The molecule has 3 aromatic rings. The number of nitrogens with zero attached hydrogens (tertiary/aromatic N) is 3. The molecule has 1 aliphatic heterocycles. The van der Waals surface area contributed by atoms with E-state index in [1.165, 1.54) is 6.07 Å². The van der Waals surface area contributed by atoms with Crippen LogP contribution in [0.15, 0.2) is 29.1 Å². The second-order valence-electron chi connectivity index (χ2n) is 7.33. The smallest absolute Gasteiger partial charge is 0.201 e. The molecule has 0 spiro atoms. The van der Waals surface area contributed by atoms with Gasteiger partial charge in [-0.1, -0.05) is 0 Å². The van der Waals surface area contributed by atoms with Crippen molar-refractivity contribution in [1.82, 2.24) is 9.47 Å². The van der Waals surface area contributed by atoms with Crippen LogP contribution in [0.3, 0.4) is 0 Å². The fourth-order valence-corrected chi connectivity index (χ4v) is 4.08. The van der Waals surface area contributed by atoms with Crippen molar-refractivity contribution in [1.29, 1.82) is 0 Å². The van der Waals surface area contributed by atoms with E-state index in [2.05, 4.69) is 16.8 Å². The van der Waals surface area contributed by atoms with Crippen molar-refractivity contribution in [3.8, 4) is 11.5 Å². The molecule has 0 amide bonds. The lowest BCUT2D eigenvalue weighted by atomic mass is 10.1. The lowest BCUT2D eigenvalue weighted by Crippen LogP contribution is -2.44. The third-order valence-corrected chi connectivity index (χ3v) is 5.66. The Bertz CT molecular complexity index is 1110. The lowest BCUT2D eigenvalue weighted by Gasteiger charge is -2.35. The molecule has 1 aromatic heterocycles. The Morgan fingerprint density at radius 1 is 1.11 bits per heavy atom. The maximum absolute atomic E-state index is 13.2. The van der Waals surface area contributed by atoms with Gasteiger partial charge in [-0.2, -0.15) is 0 Å². The first-order valence-corrected chi connectivity index (χ1v) is 9.54. The van der Waals surface area contributed by atoms with Gasteiger partial charge in [-0.15, -0.1) is 0 Å². The monoisotopic (exact) mass is 382 g/mol. The average molecular weight is 382 g/mol. The number of aromatic nitrogens is 1. The van der Waals surface area contributed by atoms with Gasteiger partial charge in [0.05, 0.1) is 34.9 Å². The van der Waals surface area contributed by atoms with Gasteiger partial charge in [-0.05, 0) is 26.1 Å². The summed E-state index contributed by atoms with van der Waals surface area (Å²) in [5.41, 5.74) is 9.15. The largest absolute Gasteiger partial charge is 0.507 e. The van der Waals surface area contributed by atoms with E-state index < -0.39 is 0 Å². The van der Waals surface area contributed by atoms with Crippen LogP contribution in [0, 0.1) is 0 Å². The van der Waals surface area contributed by atoms with Gasteiger partial charge in [0, 0.05) is 50.2 Å². The molecule has 0 bridgehead atoms. The van der Waals surface area contributed by atoms with Crippen LogP contribution in [0.5, 0.6) is 11.5 Å². The molecule has 28 heavy (non-hydrogen) atoms. The van der Waals surface area contributed by atoms with Crippen LogP contribution in [-0.2, 0) is 6.54 Å². The van der Waals surface area contributed by atoms with E-state index in [0.29, 0.717) is 34.3 Å². The highest BCUT2D eigenvalue weighted by Crippen LogP contribution is 2.34. The van der Waals surface area contributed by atoms with Crippen molar-refractivity contribution in [2.75, 3.05) is 51.0 Å². The van der Waals surface area contributed by atoms with Gasteiger partial charge in [0.15, 0.2) is 0 Å². The van der Waals surface area contributed by atoms with Crippen LogP contribution in [0.4, 0.5) is 11.4 Å². The zero-order valence-corrected chi connectivity index (χ0v) is 16.5. The van der Waals surface area contributed by atoms with E-state index in [0.717, 1.165) is 37.4 Å². The molecule has 1 aliphatic rings. The van der Waals surface area contributed by atoms with Crippen molar-refractivity contribution in [2.45, 2.75) is 13.5 Å². The number of hydrogen-bond donors (Lipinski definition) is 2. The predicted molar refractivity (Wildman–Crippen MR) is 114 cm³/mol. The van der Waals surface area contributed by atoms with Crippen LogP contribution in [0.1, 0.15) is 6.92 Å². The molecule has 4 rings (SSSR count). The molecule has 7 nitrogen and oxygen atoms in total. The standard InChI is InChI=1S/C21H26N4O3/c1-4-25-16-12-17(24-7-5-23(2)6-8-24)15(22)11-14(16)21(27)20-18(25)9-13(28-3)10-19(20)26/h9-12,26H,4-8,22H2,1-3H3. The molecule has 0 atom stereocenters. The minimum Gasteiger partial charge on any atom is -0.507 e. The molecule has 7 heteroatoms. The third-order valence-electron chi connectivity index (χ3n) is 5.66. The van der Waals surface area contributed by atoms with Gasteiger partial charge in [-0.25, -0.2) is 0 Å². The van der Waals surface area contributed by atoms with Gasteiger partial charge in [-0.3, -0.25) is 4.79 Å². The van der Waals surface area contributed by atoms with Crippen molar-refractivity contribution >= 4 is 33.2 Å². The van der Waals surface area contributed by atoms with Crippen molar-refractivity contribution in [2.24, 2.45) is 0 Å². The number of pyridine rings is 1. The number of rotatable bonds is 3. The number of likely N-dealkylation sites (N-methyl/N-ethyl adjacent to an activating group) is 1. The quantitative estimate of drug-likeness (QED) is 0.534. The molecule has 0 aliphatic carbocycles. The number of nitrogens with two attached hydrogens (primary N) is 1. The summed E-state index contributed by atoms with van der Waals surface area (Å²) in [6.07, 6.45) is 0. The Kier molecular flexibility index (Phi) is 4.55. The molecule has 1 saturated heterocycles. The van der Waals surface area contributed by atoms with Gasteiger partial charge in [0.2, 0.25) is 5.43 Å². The number of aryl methyl sites for hydroxylation is 1. The number of fused-ring (bicyclic) bond motifs is 2. The minimum atomic E-state index is -0.216.